The van der Waals surface area contributed by atoms with Crippen LogP contribution in [-0.2, 0) is 0 Å². The van der Waals surface area contributed by atoms with Crippen molar-refractivity contribution in [2.24, 2.45) is 0 Å². The Hall–Kier alpha value is -2.41. The first-order valence-electron chi connectivity index (χ1n) is 6.55. The molecule has 114 valence electrons. The fourth-order valence-electron chi connectivity index (χ4n) is 1.97. The third-order valence-corrected chi connectivity index (χ3v) is 4.32. The molecule has 7 heteroatoms. The molecule has 0 amide bonds. The SMILES string of the molecule is Cc1ccc(SC(C[N+](=O)[O-])c2cccc([N+](=O)[O-])c2)cc1. The van der Waals surface area contributed by atoms with Gasteiger partial charge >= 0.3 is 0 Å². The largest absolute Gasteiger partial charge is 0.269 e. The van der Waals surface area contributed by atoms with E-state index >= 15 is 0 Å². The van der Waals surface area contributed by atoms with E-state index < -0.39 is 15.1 Å². The maximum Gasteiger partial charge on any atom is 0.269 e. The van der Waals surface area contributed by atoms with E-state index in [9.17, 15) is 20.2 Å². The van der Waals surface area contributed by atoms with Crippen molar-refractivity contribution in [2.45, 2.75) is 17.1 Å². The van der Waals surface area contributed by atoms with E-state index in [2.05, 4.69) is 0 Å². The van der Waals surface area contributed by atoms with Gasteiger partial charge in [-0.3, -0.25) is 20.2 Å². The molecule has 0 aliphatic rings. The van der Waals surface area contributed by atoms with Crippen molar-refractivity contribution >= 4 is 17.4 Å². The van der Waals surface area contributed by atoms with Gasteiger partial charge in [0.1, 0.15) is 0 Å². The minimum absolute atomic E-state index is 0.0599. The lowest BCUT2D eigenvalue weighted by molar-refractivity contribution is -0.479. The van der Waals surface area contributed by atoms with Gasteiger partial charge in [-0.15, -0.1) is 11.8 Å². The van der Waals surface area contributed by atoms with Gasteiger partial charge in [0.05, 0.1) is 10.2 Å². The molecule has 0 bridgehead atoms. The molecule has 6 nitrogen and oxygen atoms in total. The Morgan fingerprint density at radius 3 is 2.36 bits per heavy atom. The van der Waals surface area contributed by atoms with Gasteiger partial charge in [0.2, 0.25) is 6.54 Å². The highest BCUT2D eigenvalue weighted by molar-refractivity contribution is 7.99. The van der Waals surface area contributed by atoms with Crippen LogP contribution in [0.25, 0.3) is 0 Å². The summed E-state index contributed by atoms with van der Waals surface area (Å²) in [5.41, 5.74) is 1.62. The molecule has 0 spiro atoms. The van der Waals surface area contributed by atoms with Crippen molar-refractivity contribution in [3.63, 3.8) is 0 Å². The van der Waals surface area contributed by atoms with Gasteiger partial charge in [0.25, 0.3) is 5.69 Å². The quantitative estimate of drug-likeness (QED) is 0.456. The maximum atomic E-state index is 10.9. The summed E-state index contributed by atoms with van der Waals surface area (Å²) < 4.78 is 0. The third-order valence-electron chi connectivity index (χ3n) is 3.07. The molecule has 0 saturated heterocycles. The molecule has 0 N–H and O–H groups in total. The lowest BCUT2D eigenvalue weighted by atomic mass is 10.1. The molecule has 0 aliphatic heterocycles. The average Bonchev–Trinajstić information content (AvgIpc) is 2.48. The molecule has 0 saturated carbocycles. The number of hydrogen-bond acceptors (Lipinski definition) is 5. The number of thioether (sulfide) groups is 1. The second kappa shape index (κ2) is 7.04. The van der Waals surface area contributed by atoms with E-state index in [1.807, 2.05) is 31.2 Å². The van der Waals surface area contributed by atoms with Crippen LogP contribution in [0.3, 0.4) is 0 Å². The van der Waals surface area contributed by atoms with Gasteiger partial charge in [-0.25, -0.2) is 0 Å². The molecule has 0 heterocycles. The number of nitrogens with zero attached hydrogens (tertiary/aromatic N) is 2. The van der Waals surface area contributed by atoms with E-state index in [4.69, 9.17) is 0 Å². The van der Waals surface area contributed by atoms with Crippen molar-refractivity contribution in [1.29, 1.82) is 0 Å². The number of aryl methyl sites for hydroxylation is 1. The molecule has 2 rings (SSSR count). The van der Waals surface area contributed by atoms with E-state index in [1.165, 1.54) is 23.9 Å². The van der Waals surface area contributed by atoms with Gasteiger partial charge in [0, 0.05) is 22.0 Å². The number of non-ortho nitro benzene ring substituents is 1. The normalized spacial score (nSPS) is 11.9. The molecular formula is C15H14N2O4S. The summed E-state index contributed by atoms with van der Waals surface area (Å²) in [6, 6.07) is 13.7. The minimum atomic E-state index is -0.497. The topological polar surface area (TPSA) is 86.3 Å². The molecular weight excluding hydrogens is 304 g/mol. The molecule has 1 atom stereocenters. The van der Waals surface area contributed by atoms with Crippen LogP contribution in [0.5, 0.6) is 0 Å². The highest BCUT2D eigenvalue weighted by Gasteiger charge is 2.21. The Bertz CT molecular complexity index is 688. The van der Waals surface area contributed by atoms with E-state index in [1.54, 1.807) is 12.1 Å². The first-order chi connectivity index (χ1) is 10.5. The first kappa shape index (κ1) is 16.0. The van der Waals surface area contributed by atoms with Crippen LogP contribution < -0.4 is 0 Å². The third kappa shape index (κ3) is 4.29. The second-order valence-electron chi connectivity index (χ2n) is 4.79. The van der Waals surface area contributed by atoms with Gasteiger partial charge < -0.3 is 0 Å². The van der Waals surface area contributed by atoms with Gasteiger partial charge in [-0.1, -0.05) is 29.8 Å². The minimum Gasteiger partial charge on any atom is -0.264 e. The number of nitro groups is 2. The van der Waals surface area contributed by atoms with Gasteiger partial charge in [0.15, 0.2) is 0 Å². The van der Waals surface area contributed by atoms with Crippen molar-refractivity contribution in [1.82, 2.24) is 0 Å². The molecule has 0 radical (unpaired) electrons. The van der Waals surface area contributed by atoms with Crippen LogP contribution in [0.15, 0.2) is 53.4 Å². The summed E-state index contributed by atoms with van der Waals surface area (Å²) in [5.74, 6) is 0. The summed E-state index contributed by atoms with van der Waals surface area (Å²) >= 11 is 1.33. The predicted octanol–water partition coefficient (Wildman–Crippen LogP) is 4.01. The lowest BCUT2D eigenvalue weighted by Crippen LogP contribution is -2.10. The van der Waals surface area contributed by atoms with Crippen molar-refractivity contribution in [3.8, 4) is 0 Å². The first-order valence-corrected chi connectivity index (χ1v) is 7.43. The Morgan fingerprint density at radius 1 is 1.09 bits per heavy atom. The van der Waals surface area contributed by atoms with E-state index in [0.29, 0.717) is 5.56 Å². The summed E-state index contributed by atoms with van der Waals surface area (Å²) in [7, 11) is 0. The van der Waals surface area contributed by atoms with Crippen LogP contribution >= 0.6 is 11.8 Å². The number of nitro benzene ring substituents is 1. The zero-order valence-corrected chi connectivity index (χ0v) is 12.7. The maximum absolute atomic E-state index is 10.9. The molecule has 1 unspecified atom stereocenters. The fourth-order valence-corrected chi connectivity index (χ4v) is 3.07. The van der Waals surface area contributed by atoms with E-state index in [0.717, 1.165) is 10.5 Å². The smallest absolute Gasteiger partial charge is 0.264 e. The number of rotatable bonds is 6. The summed E-state index contributed by atoms with van der Waals surface area (Å²) in [6.07, 6.45) is 0. The Labute approximate surface area is 131 Å². The standard InChI is InChI=1S/C15H14N2O4S/c1-11-5-7-14(8-6-11)22-15(10-16(18)19)12-3-2-4-13(9-12)17(20)21/h2-9,15H,10H2,1H3. The predicted molar refractivity (Wildman–Crippen MR) is 84.7 cm³/mol. The highest BCUT2D eigenvalue weighted by atomic mass is 32.2. The van der Waals surface area contributed by atoms with Crippen LogP contribution in [0.2, 0.25) is 0 Å². The summed E-state index contributed by atoms with van der Waals surface area (Å²) in [6.45, 7) is 1.67. The molecule has 0 aromatic heterocycles. The molecule has 0 fully saturated rings. The van der Waals surface area contributed by atoms with Crippen LogP contribution in [-0.4, -0.2) is 16.4 Å². The Morgan fingerprint density at radius 2 is 1.77 bits per heavy atom. The van der Waals surface area contributed by atoms with E-state index in [-0.39, 0.29) is 12.2 Å². The monoisotopic (exact) mass is 318 g/mol. The summed E-state index contributed by atoms with van der Waals surface area (Å²) in [4.78, 5) is 21.8. The van der Waals surface area contributed by atoms with Crippen molar-refractivity contribution < 1.29 is 9.85 Å². The fraction of sp³-hybridized carbons (Fsp3) is 0.200. The zero-order valence-electron chi connectivity index (χ0n) is 11.8. The number of hydrogen-bond donors (Lipinski definition) is 0. The van der Waals surface area contributed by atoms with Crippen LogP contribution in [0.1, 0.15) is 16.4 Å². The highest BCUT2D eigenvalue weighted by Crippen LogP contribution is 2.36. The molecule has 0 aliphatic carbocycles. The molecule has 2 aromatic rings. The zero-order chi connectivity index (χ0) is 16.1. The summed E-state index contributed by atoms with van der Waals surface area (Å²) in [5, 5.41) is 21.3. The Balaban J connectivity index is 2.29. The van der Waals surface area contributed by atoms with Crippen molar-refractivity contribution in [2.75, 3.05) is 6.54 Å². The average molecular weight is 318 g/mol. The van der Waals surface area contributed by atoms with Crippen LogP contribution in [0, 0.1) is 27.2 Å². The lowest BCUT2D eigenvalue weighted by Gasteiger charge is -2.13. The van der Waals surface area contributed by atoms with Gasteiger partial charge in [-0.2, -0.15) is 0 Å². The van der Waals surface area contributed by atoms with Gasteiger partial charge in [-0.05, 0) is 24.6 Å². The molecule has 22 heavy (non-hydrogen) atoms. The van der Waals surface area contributed by atoms with Crippen LogP contribution in [0.4, 0.5) is 5.69 Å². The van der Waals surface area contributed by atoms with Crippen molar-refractivity contribution in [3.05, 3.63) is 79.9 Å². The second-order valence-corrected chi connectivity index (χ2v) is 6.06. The molecule has 2 aromatic carbocycles. The number of benzene rings is 2. The Kier molecular flexibility index (Phi) is 5.11.